The summed E-state index contributed by atoms with van der Waals surface area (Å²) >= 11 is 0. The van der Waals surface area contributed by atoms with E-state index in [9.17, 15) is 28.1 Å². The molecule has 0 aliphatic heterocycles. The number of carbonyl (C=O) groups is 2. The van der Waals surface area contributed by atoms with E-state index in [1.165, 1.54) is 7.11 Å². The van der Waals surface area contributed by atoms with Crippen LogP contribution in [0.1, 0.15) is 0 Å². The number of nitro groups is 1. The van der Waals surface area contributed by atoms with Gasteiger partial charge in [-0.2, -0.15) is 0 Å². The zero-order valence-corrected chi connectivity index (χ0v) is 14.7. The average molecular weight is 389 g/mol. The van der Waals surface area contributed by atoms with Crippen LogP contribution in [-0.2, 0) is 28.9 Å². The van der Waals surface area contributed by atoms with Crippen molar-refractivity contribution < 1.29 is 32.4 Å². The summed E-state index contributed by atoms with van der Waals surface area (Å²) in [6, 6.07) is 3.28. The first-order valence-corrected chi connectivity index (χ1v) is 8.99. The molecule has 1 unspecified atom stereocenters. The first kappa shape index (κ1) is 21.5. The lowest BCUT2D eigenvalue weighted by Gasteiger charge is -2.12. The third-order valence-corrected chi connectivity index (χ3v) is 4.86. The number of nitrogens with zero attached hydrogens (tertiary/aromatic N) is 1. The Balaban J connectivity index is 2.46. The number of ether oxygens (including phenoxy) is 2. The van der Waals surface area contributed by atoms with Gasteiger partial charge in [0.25, 0.3) is 5.69 Å². The molecule has 26 heavy (non-hydrogen) atoms. The molecule has 0 saturated heterocycles. The van der Waals surface area contributed by atoms with E-state index in [-0.39, 0.29) is 23.7 Å². The van der Waals surface area contributed by atoms with Crippen LogP contribution in [0, 0.1) is 10.1 Å². The monoisotopic (exact) mass is 389 g/mol. The number of nitrogens with two attached hydrogens (primary N) is 1. The van der Waals surface area contributed by atoms with Gasteiger partial charge in [-0.05, 0) is 12.1 Å². The van der Waals surface area contributed by atoms with Crippen LogP contribution in [0.15, 0.2) is 29.2 Å². The highest BCUT2D eigenvalue weighted by Crippen LogP contribution is 2.16. The Kier molecular flexibility index (Phi) is 8.09. The summed E-state index contributed by atoms with van der Waals surface area (Å²) in [6.45, 7) is -0.613. The number of hydrogen-bond acceptors (Lipinski definition) is 10. The molecule has 1 rings (SSSR count). The van der Waals surface area contributed by atoms with Crippen LogP contribution in [0.3, 0.4) is 0 Å². The lowest BCUT2D eigenvalue weighted by molar-refractivity contribution is -0.384. The van der Waals surface area contributed by atoms with E-state index in [1.54, 1.807) is 0 Å². The molecule has 11 nitrogen and oxygen atoms in total. The number of benzene rings is 1. The van der Waals surface area contributed by atoms with Gasteiger partial charge in [0.15, 0.2) is 9.84 Å². The number of nitro benzene ring substituents is 1. The third kappa shape index (κ3) is 6.74. The smallest absolute Gasteiger partial charge is 0.324 e. The highest BCUT2D eigenvalue weighted by Gasteiger charge is 2.19. The van der Waals surface area contributed by atoms with Crippen LogP contribution in [0.25, 0.3) is 0 Å². The molecule has 0 spiro atoms. The second kappa shape index (κ2) is 9.79. The first-order valence-electron chi connectivity index (χ1n) is 7.34. The van der Waals surface area contributed by atoms with E-state index in [1.807, 2.05) is 0 Å². The molecule has 0 heterocycles. The van der Waals surface area contributed by atoms with Crippen LogP contribution in [0.4, 0.5) is 5.69 Å². The molecule has 0 bridgehead atoms. The minimum atomic E-state index is -3.77. The maximum Gasteiger partial charge on any atom is 0.324 e. The van der Waals surface area contributed by atoms with Gasteiger partial charge in [0.2, 0.25) is 0 Å². The Bertz CT molecular complexity index is 748. The Labute approximate surface area is 149 Å². The molecule has 0 radical (unpaired) electrons. The van der Waals surface area contributed by atoms with E-state index in [0.717, 1.165) is 24.3 Å². The van der Waals surface area contributed by atoms with Crippen molar-refractivity contribution in [3.05, 3.63) is 34.4 Å². The minimum absolute atomic E-state index is 0.0525. The molecule has 1 aromatic rings. The van der Waals surface area contributed by atoms with Crippen LogP contribution in [0.2, 0.25) is 0 Å². The van der Waals surface area contributed by atoms with Gasteiger partial charge >= 0.3 is 11.9 Å². The van der Waals surface area contributed by atoms with Crippen molar-refractivity contribution in [2.24, 2.45) is 5.73 Å². The van der Waals surface area contributed by atoms with Gasteiger partial charge in [-0.3, -0.25) is 19.7 Å². The van der Waals surface area contributed by atoms with Gasteiger partial charge in [-0.15, -0.1) is 0 Å². The number of non-ortho nitro benzene ring substituents is 1. The molecule has 3 N–H and O–H groups in total. The molecule has 0 saturated carbocycles. The number of sulfone groups is 1. The molecule has 12 heteroatoms. The molecule has 0 fully saturated rings. The van der Waals surface area contributed by atoms with Crippen LogP contribution in [-0.4, -0.2) is 63.9 Å². The number of carbonyl (C=O) groups excluding carboxylic acids is 2. The summed E-state index contributed by atoms with van der Waals surface area (Å²) in [5.41, 5.74) is 5.31. The van der Waals surface area contributed by atoms with Crippen molar-refractivity contribution in [1.29, 1.82) is 0 Å². The maximum atomic E-state index is 12.1. The van der Waals surface area contributed by atoms with Gasteiger partial charge < -0.3 is 20.5 Å². The van der Waals surface area contributed by atoms with E-state index >= 15 is 0 Å². The molecular formula is C14H19N3O8S. The van der Waals surface area contributed by atoms with Crippen molar-refractivity contribution in [3.8, 4) is 0 Å². The number of hydrogen-bond donors (Lipinski definition) is 2. The SMILES string of the molecule is COC(=O)CNCC(N)C(=O)OCCS(=O)(=O)c1ccc([N+](=O)[O-])cc1. The summed E-state index contributed by atoms with van der Waals surface area (Å²) in [6.07, 6.45) is 0. The highest BCUT2D eigenvalue weighted by atomic mass is 32.2. The average Bonchev–Trinajstić information content (AvgIpc) is 2.61. The molecule has 0 aliphatic rings. The topological polar surface area (TPSA) is 168 Å². The van der Waals surface area contributed by atoms with E-state index in [2.05, 4.69) is 10.1 Å². The lowest BCUT2D eigenvalue weighted by atomic mass is 10.3. The summed E-state index contributed by atoms with van der Waals surface area (Å²) in [7, 11) is -2.56. The molecular weight excluding hydrogens is 370 g/mol. The summed E-state index contributed by atoms with van der Waals surface area (Å²) < 4.78 is 33.4. The van der Waals surface area contributed by atoms with Gasteiger partial charge in [0.05, 0.1) is 29.2 Å². The highest BCUT2D eigenvalue weighted by molar-refractivity contribution is 7.91. The van der Waals surface area contributed by atoms with Gasteiger partial charge in [-0.25, -0.2) is 8.42 Å². The lowest BCUT2D eigenvalue weighted by Crippen LogP contribution is -2.43. The van der Waals surface area contributed by atoms with E-state index in [4.69, 9.17) is 10.5 Å². The van der Waals surface area contributed by atoms with Crippen molar-refractivity contribution in [2.45, 2.75) is 10.9 Å². The normalized spacial score (nSPS) is 12.2. The quantitative estimate of drug-likeness (QED) is 0.288. The summed E-state index contributed by atoms with van der Waals surface area (Å²) in [5.74, 6) is -1.86. The first-order chi connectivity index (χ1) is 12.2. The predicted molar refractivity (Wildman–Crippen MR) is 89.0 cm³/mol. The fraction of sp³-hybridized carbons (Fsp3) is 0.429. The van der Waals surface area contributed by atoms with Crippen LogP contribution >= 0.6 is 0 Å². The number of rotatable bonds is 10. The molecule has 0 aliphatic carbocycles. The predicted octanol–water partition coefficient (Wildman–Crippen LogP) is -0.998. The Hall–Kier alpha value is -2.57. The maximum absolute atomic E-state index is 12.1. The second-order valence-electron chi connectivity index (χ2n) is 5.05. The fourth-order valence-electron chi connectivity index (χ4n) is 1.74. The van der Waals surface area contributed by atoms with E-state index in [0.29, 0.717) is 0 Å². The van der Waals surface area contributed by atoms with Crippen LogP contribution < -0.4 is 11.1 Å². The molecule has 0 aromatic heterocycles. The molecule has 0 amide bonds. The van der Waals surface area contributed by atoms with Crippen molar-refractivity contribution in [2.75, 3.05) is 32.6 Å². The second-order valence-corrected chi connectivity index (χ2v) is 7.16. The minimum Gasteiger partial charge on any atom is -0.468 e. The molecule has 1 atom stereocenters. The van der Waals surface area contributed by atoms with Gasteiger partial charge in [0, 0.05) is 18.7 Å². The van der Waals surface area contributed by atoms with Gasteiger partial charge in [-0.1, -0.05) is 0 Å². The number of methoxy groups -OCH3 is 1. The standard InChI is InChI=1S/C14H19N3O8S/c1-24-13(18)9-16-8-12(15)14(19)25-6-7-26(22,23)11-4-2-10(3-5-11)17(20)21/h2-5,12,16H,6-9,15H2,1H3. The Morgan fingerprint density at radius 3 is 2.46 bits per heavy atom. The van der Waals surface area contributed by atoms with Crippen molar-refractivity contribution >= 4 is 27.5 Å². The number of esters is 2. The largest absolute Gasteiger partial charge is 0.468 e. The summed E-state index contributed by atoms with van der Waals surface area (Å²) in [4.78, 5) is 32.3. The van der Waals surface area contributed by atoms with Crippen molar-refractivity contribution in [3.63, 3.8) is 0 Å². The molecule has 144 valence electrons. The van der Waals surface area contributed by atoms with Crippen LogP contribution in [0.5, 0.6) is 0 Å². The van der Waals surface area contributed by atoms with E-state index < -0.39 is 45.1 Å². The Morgan fingerprint density at radius 2 is 1.92 bits per heavy atom. The zero-order valence-electron chi connectivity index (χ0n) is 13.9. The number of nitrogens with one attached hydrogen (secondary N) is 1. The summed E-state index contributed by atoms with van der Waals surface area (Å²) in [5, 5.41) is 13.1. The molecule has 1 aromatic carbocycles. The zero-order chi connectivity index (χ0) is 19.7. The fourth-order valence-corrected chi connectivity index (χ4v) is 2.83. The van der Waals surface area contributed by atoms with Gasteiger partial charge in [0.1, 0.15) is 12.6 Å². The Morgan fingerprint density at radius 1 is 1.31 bits per heavy atom. The van der Waals surface area contributed by atoms with Crippen molar-refractivity contribution in [1.82, 2.24) is 5.32 Å². The third-order valence-electron chi connectivity index (χ3n) is 3.17.